The summed E-state index contributed by atoms with van der Waals surface area (Å²) in [6.07, 6.45) is 0.525. The molecule has 1 aliphatic heterocycles. The molecule has 0 aromatic carbocycles. The van der Waals surface area contributed by atoms with Crippen LogP contribution in [0, 0.1) is 12.8 Å². The zero-order valence-electron chi connectivity index (χ0n) is 17.1. The van der Waals surface area contributed by atoms with Crippen LogP contribution in [0.5, 0.6) is 0 Å². The molecular weight excluding hydrogens is 527 g/mol. The highest BCUT2D eigenvalue weighted by molar-refractivity contribution is 9.10. The number of nitrogens with one attached hydrogen (secondary N) is 1. The standard InChI is InChI=1S/C19H19BrClFN6O3S/c1-8-13(21)12(20)14(25-8)11(29)5-9-3-4-28(6-10(9)22)19-26-15(16(32-19)18(30)31)17-23-7-24-27(17)2/h7,9-10,25H,3-6H2,1-2H3,(H,30,31)/t9-,10-/m0/s1. The first-order valence-electron chi connectivity index (χ1n) is 9.71. The minimum Gasteiger partial charge on any atom is -0.477 e. The molecule has 3 aromatic rings. The lowest BCUT2D eigenvalue weighted by Gasteiger charge is -2.34. The number of H-pyrrole nitrogens is 1. The van der Waals surface area contributed by atoms with Crippen molar-refractivity contribution in [3.8, 4) is 11.5 Å². The summed E-state index contributed by atoms with van der Waals surface area (Å²) in [5.41, 5.74) is 1.22. The molecule has 4 heterocycles. The van der Waals surface area contributed by atoms with E-state index in [1.165, 1.54) is 11.0 Å². The third-order valence-electron chi connectivity index (χ3n) is 5.46. The number of piperidine rings is 1. The minimum absolute atomic E-state index is 0.0210. The van der Waals surface area contributed by atoms with E-state index in [4.69, 9.17) is 11.6 Å². The summed E-state index contributed by atoms with van der Waals surface area (Å²) in [4.78, 5) is 37.6. The third kappa shape index (κ3) is 4.18. The van der Waals surface area contributed by atoms with Gasteiger partial charge in [-0.05, 0) is 29.3 Å². The zero-order chi connectivity index (χ0) is 23.2. The molecule has 1 aliphatic rings. The first kappa shape index (κ1) is 22.9. The van der Waals surface area contributed by atoms with Crippen molar-refractivity contribution in [3.63, 3.8) is 0 Å². The largest absolute Gasteiger partial charge is 0.477 e. The Morgan fingerprint density at radius 3 is 2.78 bits per heavy atom. The van der Waals surface area contributed by atoms with E-state index < -0.39 is 18.1 Å². The number of hydrogen-bond acceptors (Lipinski definition) is 7. The number of hydrogen-bond donors (Lipinski definition) is 2. The average molecular weight is 546 g/mol. The second kappa shape index (κ2) is 8.91. The first-order chi connectivity index (χ1) is 15.2. The van der Waals surface area contributed by atoms with Crippen molar-refractivity contribution >= 4 is 55.8 Å². The molecule has 0 aliphatic carbocycles. The van der Waals surface area contributed by atoms with Gasteiger partial charge in [-0.1, -0.05) is 22.9 Å². The topological polar surface area (TPSA) is 117 Å². The van der Waals surface area contributed by atoms with Gasteiger partial charge in [0.2, 0.25) is 0 Å². The number of ketones is 1. The number of Topliss-reactive ketones (excluding diaryl/α,β-unsaturated/α-hetero) is 1. The smallest absolute Gasteiger partial charge is 0.348 e. The number of aromatic nitrogens is 5. The van der Waals surface area contributed by atoms with Crippen LogP contribution >= 0.6 is 38.9 Å². The molecular formula is C19H19BrClFN6O3S. The molecule has 9 nitrogen and oxygen atoms in total. The summed E-state index contributed by atoms with van der Waals surface area (Å²) in [6.45, 7) is 2.23. The lowest BCUT2D eigenvalue weighted by Crippen LogP contribution is -2.42. The Hall–Kier alpha value is -2.31. The quantitative estimate of drug-likeness (QED) is 0.447. The molecule has 4 rings (SSSR count). The molecule has 1 saturated heterocycles. The molecule has 3 aromatic heterocycles. The number of anilines is 1. The number of carboxylic acids is 1. The number of carbonyl (C=O) groups excluding carboxylic acids is 1. The molecule has 2 N–H and O–H groups in total. The van der Waals surface area contributed by atoms with Crippen molar-refractivity contribution in [2.45, 2.75) is 25.9 Å². The Labute approximate surface area is 199 Å². The fraction of sp³-hybridized carbons (Fsp3) is 0.421. The molecule has 2 atom stereocenters. The van der Waals surface area contributed by atoms with Gasteiger partial charge in [0.15, 0.2) is 16.7 Å². The Bertz CT molecular complexity index is 1190. The molecule has 0 bridgehead atoms. The molecule has 0 saturated carbocycles. The fourth-order valence-corrected chi connectivity index (χ4v) is 5.41. The van der Waals surface area contributed by atoms with Gasteiger partial charge in [0.05, 0.1) is 21.7 Å². The van der Waals surface area contributed by atoms with E-state index in [2.05, 4.69) is 36.0 Å². The van der Waals surface area contributed by atoms with Crippen molar-refractivity contribution in [1.82, 2.24) is 24.7 Å². The van der Waals surface area contributed by atoms with Gasteiger partial charge in [-0.2, -0.15) is 5.10 Å². The number of aromatic amines is 1. The van der Waals surface area contributed by atoms with Crippen LogP contribution in [-0.2, 0) is 7.05 Å². The Kier molecular flexibility index (Phi) is 6.37. The molecule has 0 amide bonds. The van der Waals surface area contributed by atoms with Crippen LogP contribution in [0.3, 0.4) is 0 Å². The average Bonchev–Trinajstić information content (AvgIpc) is 3.43. The van der Waals surface area contributed by atoms with E-state index >= 15 is 4.39 Å². The maximum absolute atomic E-state index is 15.0. The molecule has 1 fully saturated rings. The minimum atomic E-state index is -1.27. The number of thiazole rings is 1. The van der Waals surface area contributed by atoms with Gasteiger partial charge in [-0.25, -0.2) is 23.8 Å². The van der Waals surface area contributed by atoms with Crippen molar-refractivity contribution in [3.05, 3.63) is 32.1 Å². The van der Waals surface area contributed by atoms with E-state index in [-0.39, 0.29) is 29.3 Å². The Morgan fingerprint density at radius 1 is 1.47 bits per heavy atom. The third-order valence-corrected chi connectivity index (χ3v) is 8.06. The SMILES string of the molecule is Cc1[nH]c(C(=O)C[C@@H]2CCN(c3nc(-c4ncnn4C)c(C(=O)O)s3)C[C@@H]2F)c(Br)c1Cl. The van der Waals surface area contributed by atoms with Crippen LogP contribution < -0.4 is 4.90 Å². The highest BCUT2D eigenvalue weighted by Gasteiger charge is 2.34. The number of alkyl halides is 1. The summed E-state index contributed by atoms with van der Waals surface area (Å²) in [7, 11) is 1.64. The van der Waals surface area contributed by atoms with Crippen LogP contribution in [0.15, 0.2) is 10.8 Å². The van der Waals surface area contributed by atoms with Gasteiger partial charge in [0, 0.05) is 31.6 Å². The van der Waals surface area contributed by atoms with Gasteiger partial charge in [0.25, 0.3) is 0 Å². The molecule has 170 valence electrons. The second-order valence-electron chi connectivity index (χ2n) is 7.58. The van der Waals surface area contributed by atoms with Crippen molar-refractivity contribution in [2.24, 2.45) is 13.0 Å². The Balaban J connectivity index is 1.49. The highest BCUT2D eigenvalue weighted by atomic mass is 79.9. The number of carbonyl (C=O) groups is 2. The molecule has 0 spiro atoms. The van der Waals surface area contributed by atoms with E-state index in [0.717, 1.165) is 11.3 Å². The van der Waals surface area contributed by atoms with Crippen LogP contribution in [-0.4, -0.2) is 60.9 Å². The van der Waals surface area contributed by atoms with Crippen LogP contribution in [0.25, 0.3) is 11.5 Å². The van der Waals surface area contributed by atoms with Gasteiger partial charge in [-0.3, -0.25) is 4.79 Å². The number of aryl methyl sites for hydroxylation is 2. The lowest BCUT2D eigenvalue weighted by molar-refractivity contribution is 0.0702. The summed E-state index contributed by atoms with van der Waals surface area (Å²) < 4.78 is 17.0. The number of nitrogens with zero attached hydrogens (tertiary/aromatic N) is 5. The predicted octanol–water partition coefficient (Wildman–Crippen LogP) is 4.13. The summed E-state index contributed by atoms with van der Waals surface area (Å²) in [5, 5.41) is 14.4. The molecule has 0 radical (unpaired) electrons. The number of aromatic carboxylic acids is 1. The van der Waals surface area contributed by atoms with Gasteiger partial charge < -0.3 is 15.0 Å². The monoisotopic (exact) mass is 544 g/mol. The molecule has 13 heteroatoms. The van der Waals surface area contributed by atoms with Gasteiger partial charge >= 0.3 is 5.97 Å². The maximum atomic E-state index is 15.0. The van der Waals surface area contributed by atoms with Crippen LogP contribution in [0.4, 0.5) is 9.52 Å². The lowest BCUT2D eigenvalue weighted by atomic mass is 9.89. The Morgan fingerprint density at radius 2 is 2.22 bits per heavy atom. The fourth-order valence-electron chi connectivity index (χ4n) is 3.71. The van der Waals surface area contributed by atoms with Crippen molar-refractivity contribution in [2.75, 3.05) is 18.0 Å². The predicted molar refractivity (Wildman–Crippen MR) is 121 cm³/mol. The molecule has 32 heavy (non-hydrogen) atoms. The van der Waals surface area contributed by atoms with Gasteiger partial charge in [0.1, 0.15) is 23.1 Å². The van der Waals surface area contributed by atoms with E-state index in [1.54, 1.807) is 18.9 Å². The van der Waals surface area contributed by atoms with Crippen LogP contribution in [0.2, 0.25) is 5.02 Å². The number of halogens is 3. The maximum Gasteiger partial charge on any atom is 0.348 e. The van der Waals surface area contributed by atoms with E-state index in [0.29, 0.717) is 44.8 Å². The summed E-state index contributed by atoms with van der Waals surface area (Å²) in [5.74, 6) is -1.47. The first-order valence-corrected chi connectivity index (χ1v) is 11.7. The van der Waals surface area contributed by atoms with E-state index in [1.807, 2.05) is 0 Å². The van der Waals surface area contributed by atoms with Crippen molar-refractivity contribution in [1.29, 1.82) is 0 Å². The number of carboxylic acid groups (broad SMARTS) is 1. The normalized spacial score (nSPS) is 18.8. The zero-order valence-corrected chi connectivity index (χ0v) is 20.3. The summed E-state index contributed by atoms with van der Waals surface area (Å²) in [6, 6.07) is 0. The molecule has 0 unspecified atom stereocenters. The van der Waals surface area contributed by atoms with Crippen LogP contribution in [0.1, 0.15) is 38.7 Å². The highest BCUT2D eigenvalue weighted by Crippen LogP contribution is 2.36. The summed E-state index contributed by atoms with van der Waals surface area (Å²) >= 11 is 10.4. The van der Waals surface area contributed by atoms with Crippen molar-refractivity contribution < 1.29 is 19.1 Å². The van der Waals surface area contributed by atoms with Gasteiger partial charge in [-0.15, -0.1) is 0 Å². The van der Waals surface area contributed by atoms with E-state index in [9.17, 15) is 14.7 Å². The number of rotatable bonds is 6. The second-order valence-corrected chi connectivity index (χ2v) is 9.73.